The van der Waals surface area contributed by atoms with E-state index in [1.165, 1.54) is 18.4 Å². The zero-order valence-electron chi connectivity index (χ0n) is 10.8. The number of carbonyl (C=O) groups excluding carboxylic acids is 1. The Morgan fingerprint density at radius 1 is 1.24 bits per heavy atom. The molecule has 2 rings (SSSR count). The van der Waals surface area contributed by atoms with Crippen LogP contribution in [0.4, 0.5) is 11.4 Å². The van der Waals surface area contributed by atoms with E-state index in [-0.39, 0.29) is 0 Å². The van der Waals surface area contributed by atoms with Gasteiger partial charge in [0.15, 0.2) is 5.11 Å². The monoisotopic (exact) mass is 360 g/mol. The molecule has 0 aliphatic heterocycles. The number of halogens is 2. The molecule has 0 saturated heterocycles. The van der Waals surface area contributed by atoms with E-state index < -0.39 is 5.97 Å². The number of hydrogen-bond acceptors (Lipinski definition) is 4. The lowest BCUT2D eigenvalue weighted by atomic mass is 10.3. The van der Waals surface area contributed by atoms with E-state index in [0.717, 1.165) is 0 Å². The molecule has 110 valence electrons. The fraction of sp³-hybridized carbons (Fsp3) is 0.0769. The van der Waals surface area contributed by atoms with Gasteiger partial charge in [0, 0.05) is 5.69 Å². The standard InChI is InChI=1S/C13H10Cl2N2O2S2/c1-19-12(18)11-10(4-5-21-11)17-13(20)16-7-2-3-8(14)9(15)6-7/h2-6H,1H3,(H2,16,17,20). The second kappa shape index (κ2) is 7.09. The van der Waals surface area contributed by atoms with E-state index in [9.17, 15) is 4.79 Å². The summed E-state index contributed by atoms with van der Waals surface area (Å²) in [5.74, 6) is -0.412. The second-order valence-corrected chi connectivity index (χ2v) is 6.00. The van der Waals surface area contributed by atoms with Crippen LogP contribution in [0, 0.1) is 0 Å². The van der Waals surface area contributed by atoms with Gasteiger partial charge >= 0.3 is 5.97 Å². The van der Waals surface area contributed by atoms with Crippen molar-refractivity contribution in [1.29, 1.82) is 0 Å². The third-order valence-corrected chi connectivity index (χ3v) is 4.30. The van der Waals surface area contributed by atoms with Crippen LogP contribution < -0.4 is 10.6 Å². The zero-order chi connectivity index (χ0) is 15.4. The highest BCUT2D eigenvalue weighted by Gasteiger charge is 2.14. The number of esters is 1. The predicted molar refractivity (Wildman–Crippen MR) is 92.0 cm³/mol. The molecule has 2 N–H and O–H groups in total. The van der Waals surface area contributed by atoms with Crippen LogP contribution in [0.5, 0.6) is 0 Å². The van der Waals surface area contributed by atoms with E-state index in [0.29, 0.717) is 31.4 Å². The van der Waals surface area contributed by atoms with Crippen LogP contribution >= 0.6 is 46.8 Å². The summed E-state index contributed by atoms with van der Waals surface area (Å²) in [6.07, 6.45) is 0. The highest BCUT2D eigenvalue weighted by atomic mass is 35.5. The third kappa shape index (κ3) is 4.07. The van der Waals surface area contributed by atoms with Crippen molar-refractivity contribution in [3.63, 3.8) is 0 Å². The van der Waals surface area contributed by atoms with Crippen LogP contribution in [0.1, 0.15) is 9.67 Å². The molecule has 0 saturated carbocycles. The second-order valence-electron chi connectivity index (χ2n) is 3.86. The first kappa shape index (κ1) is 16.0. The predicted octanol–water partition coefficient (Wildman–Crippen LogP) is 4.65. The van der Waals surface area contributed by atoms with Crippen molar-refractivity contribution in [2.75, 3.05) is 17.7 Å². The van der Waals surface area contributed by atoms with Gasteiger partial charge < -0.3 is 15.4 Å². The molecule has 1 aromatic carbocycles. The molecule has 0 aliphatic carbocycles. The topological polar surface area (TPSA) is 50.4 Å². The van der Waals surface area contributed by atoms with Crippen molar-refractivity contribution in [2.24, 2.45) is 0 Å². The summed E-state index contributed by atoms with van der Waals surface area (Å²) in [5.41, 5.74) is 1.28. The van der Waals surface area contributed by atoms with Gasteiger partial charge in [0.1, 0.15) is 4.88 Å². The SMILES string of the molecule is COC(=O)c1sccc1NC(=S)Nc1ccc(Cl)c(Cl)c1. The van der Waals surface area contributed by atoms with E-state index in [4.69, 9.17) is 40.2 Å². The van der Waals surface area contributed by atoms with Crippen LogP contribution in [0.3, 0.4) is 0 Å². The number of benzene rings is 1. The van der Waals surface area contributed by atoms with Crippen LogP contribution in [-0.4, -0.2) is 18.2 Å². The first-order valence-corrected chi connectivity index (χ1v) is 7.74. The highest BCUT2D eigenvalue weighted by molar-refractivity contribution is 7.80. The number of nitrogens with one attached hydrogen (secondary N) is 2. The van der Waals surface area contributed by atoms with Gasteiger partial charge in [0.25, 0.3) is 0 Å². The van der Waals surface area contributed by atoms with Crippen molar-refractivity contribution < 1.29 is 9.53 Å². The summed E-state index contributed by atoms with van der Waals surface area (Å²) in [5, 5.41) is 8.90. The molecule has 1 aromatic heterocycles. The average Bonchev–Trinajstić information content (AvgIpc) is 2.90. The van der Waals surface area contributed by atoms with Crippen molar-refractivity contribution >= 4 is 69.2 Å². The van der Waals surface area contributed by atoms with Crippen LogP contribution in [0.2, 0.25) is 10.0 Å². The van der Waals surface area contributed by atoms with Gasteiger partial charge in [-0.3, -0.25) is 0 Å². The molecule has 0 unspecified atom stereocenters. The van der Waals surface area contributed by atoms with Gasteiger partial charge in [-0.2, -0.15) is 0 Å². The van der Waals surface area contributed by atoms with Crippen molar-refractivity contribution in [1.82, 2.24) is 0 Å². The Morgan fingerprint density at radius 2 is 2.00 bits per heavy atom. The smallest absolute Gasteiger partial charge is 0.350 e. The Hall–Kier alpha value is -1.34. The normalized spacial score (nSPS) is 10.0. The van der Waals surface area contributed by atoms with Gasteiger partial charge in [-0.1, -0.05) is 23.2 Å². The number of carbonyl (C=O) groups is 1. The summed E-state index contributed by atoms with van der Waals surface area (Å²) in [6, 6.07) is 6.82. The number of methoxy groups -OCH3 is 1. The maximum Gasteiger partial charge on any atom is 0.350 e. The Kier molecular flexibility index (Phi) is 5.41. The number of thiocarbonyl (C=S) groups is 1. The molecule has 0 radical (unpaired) electrons. The number of hydrogen-bond donors (Lipinski definition) is 2. The molecule has 2 aromatic rings. The van der Waals surface area contributed by atoms with Crippen LogP contribution in [0.15, 0.2) is 29.6 Å². The Balaban J connectivity index is 2.07. The van der Waals surface area contributed by atoms with Crippen LogP contribution in [-0.2, 0) is 4.74 Å². The molecule has 0 aliphatic rings. The maximum absolute atomic E-state index is 11.6. The summed E-state index contributed by atoms with van der Waals surface area (Å²) >= 11 is 18.2. The summed E-state index contributed by atoms with van der Waals surface area (Å²) in [7, 11) is 1.33. The summed E-state index contributed by atoms with van der Waals surface area (Å²) in [6.45, 7) is 0. The molecule has 0 spiro atoms. The molecule has 0 fully saturated rings. The highest BCUT2D eigenvalue weighted by Crippen LogP contribution is 2.26. The lowest BCUT2D eigenvalue weighted by Crippen LogP contribution is -2.20. The molecule has 1 heterocycles. The first-order valence-electron chi connectivity index (χ1n) is 5.70. The number of ether oxygens (including phenoxy) is 1. The molecule has 21 heavy (non-hydrogen) atoms. The summed E-state index contributed by atoms with van der Waals surface area (Å²) < 4.78 is 4.70. The average molecular weight is 361 g/mol. The van der Waals surface area contributed by atoms with Crippen molar-refractivity contribution in [2.45, 2.75) is 0 Å². The lowest BCUT2D eigenvalue weighted by Gasteiger charge is -2.11. The van der Waals surface area contributed by atoms with Gasteiger partial charge in [-0.05, 0) is 41.9 Å². The molecule has 0 bridgehead atoms. The molecule has 0 amide bonds. The fourth-order valence-corrected chi connectivity index (χ4v) is 2.81. The Bertz CT molecular complexity index is 689. The lowest BCUT2D eigenvalue weighted by molar-refractivity contribution is 0.0607. The Morgan fingerprint density at radius 3 is 2.67 bits per heavy atom. The summed E-state index contributed by atoms with van der Waals surface area (Å²) in [4.78, 5) is 12.0. The number of anilines is 2. The molecule has 0 atom stereocenters. The largest absolute Gasteiger partial charge is 0.465 e. The van der Waals surface area contributed by atoms with E-state index in [1.807, 2.05) is 0 Å². The molecule has 8 heteroatoms. The van der Waals surface area contributed by atoms with Gasteiger partial charge in [-0.25, -0.2) is 4.79 Å². The van der Waals surface area contributed by atoms with Crippen molar-refractivity contribution in [3.8, 4) is 0 Å². The third-order valence-electron chi connectivity index (χ3n) is 2.46. The van der Waals surface area contributed by atoms with E-state index in [1.54, 1.807) is 29.6 Å². The minimum atomic E-state index is -0.412. The van der Waals surface area contributed by atoms with E-state index in [2.05, 4.69) is 10.6 Å². The van der Waals surface area contributed by atoms with Crippen LogP contribution in [0.25, 0.3) is 0 Å². The minimum Gasteiger partial charge on any atom is -0.465 e. The number of rotatable bonds is 3. The quantitative estimate of drug-likeness (QED) is 0.616. The van der Waals surface area contributed by atoms with Crippen molar-refractivity contribution in [3.05, 3.63) is 44.6 Å². The number of thiophene rings is 1. The van der Waals surface area contributed by atoms with E-state index >= 15 is 0 Å². The zero-order valence-corrected chi connectivity index (χ0v) is 13.9. The molecule has 4 nitrogen and oxygen atoms in total. The fourth-order valence-electron chi connectivity index (χ4n) is 1.52. The molecular formula is C13H10Cl2N2O2S2. The van der Waals surface area contributed by atoms with Gasteiger partial charge in [0.05, 0.1) is 22.8 Å². The minimum absolute atomic E-state index is 0.331. The first-order chi connectivity index (χ1) is 10.0. The maximum atomic E-state index is 11.6. The van der Waals surface area contributed by atoms with Gasteiger partial charge in [-0.15, -0.1) is 11.3 Å². The Labute approximate surface area is 141 Å². The van der Waals surface area contributed by atoms with Gasteiger partial charge in [0.2, 0.25) is 0 Å². The molecular weight excluding hydrogens is 351 g/mol.